The normalized spacial score (nSPS) is 24.5. The van der Waals surface area contributed by atoms with E-state index in [1.807, 2.05) is 0 Å². The van der Waals surface area contributed by atoms with Gasteiger partial charge >= 0.3 is 0 Å². The fraction of sp³-hybridized carbons (Fsp3) is 0.955. The SMILES string of the molecule is CCNC(=NCCCOCC1CCOCC1)N1CCC(CN2CCCCC2)C1.I. The Labute approximate surface area is 195 Å². The van der Waals surface area contributed by atoms with Crippen LogP contribution in [-0.4, -0.2) is 88.0 Å². The van der Waals surface area contributed by atoms with Crippen molar-refractivity contribution in [3.05, 3.63) is 0 Å². The molecule has 0 spiro atoms. The highest BCUT2D eigenvalue weighted by Crippen LogP contribution is 2.20. The lowest BCUT2D eigenvalue weighted by Gasteiger charge is -2.29. The smallest absolute Gasteiger partial charge is 0.193 e. The zero-order chi connectivity index (χ0) is 19.4. The highest BCUT2D eigenvalue weighted by molar-refractivity contribution is 14.0. The number of aliphatic imine (C=N–C) groups is 1. The summed E-state index contributed by atoms with van der Waals surface area (Å²) in [5, 5.41) is 3.50. The van der Waals surface area contributed by atoms with Crippen molar-refractivity contribution in [2.24, 2.45) is 16.8 Å². The van der Waals surface area contributed by atoms with Crippen molar-refractivity contribution in [2.75, 3.05) is 72.2 Å². The molecule has 6 nitrogen and oxygen atoms in total. The predicted molar refractivity (Wildman–Crippen MR) is 130 cm³/mol. The van der Waals surface area contributed by atoms with E-state index < -0.39 is 0 Å². The van der Waals surface area contributed by atoms with Gasteiger partial charge in [-0.2, -0.15) is 0 Å². The van der Waals surface area contributed by atoms with E-state index in [2.05, 4.69) is 22.0 Å². The van der Waals surface area contributed by atoms with Crippen molar-refractivity contribution >= 4 is 29.9 Å². The second kappa shape index (κ2) is 14.8. The molecular weight excluding hydrogens is 479 g/mol. The van der Waals surface area contributed by atoms with Gasteiger partial charge in [-0.15, -0.1) is 24.0 Å². The van der Waals surface area contributed by atoms with Crippen LogP contribution in [0.15, 0.2) is 4.99 Å². The van der Waals surface area contributed by atoms with Crippen LogP contribution in [0.25, 0.3) is 0 Å². The molecule has 1 unspecified atom stereocenters. The van der Waals surface area contributed by atoms with E-state index in [0.717, 1.165) is 83.7 Å². The number of piperidine rings is 1. The van der Waals surface area contributed by atoms with Crippen molar-refractivity contribution < 1.29 is 9.47 Å². The molecule has 3 heterocycles. The molecule has 3 saturated heterocycles. The molecule has 0 radical (unpaired) electrons. The maximum absolute atomic E-state index is 5.88. The zero-order valence-corrected chi connectivity index (χ0v) is 20.8. The summed E-state index contributed by atoms with van der Waals surface area (Å²) in [6, 6.07) is 0. The highest BCUT2D eigenvalue weighted by atomic mass is 127. The minimum atomic E-state index is 0. The monoisotopic (exact) mass is 522 g/mol. The molecule has 0 aromatic carbocycles. The van der Waals surface area contributed by atoms with E-state index in [1.54, 1.807) is 0 Å². The quantitative estimate of drug-likeness (QED) is 0.218. The fourth-order valence-electron chi connectivity index (χ4n) is 4.62. The van der Waals surface area contributed by atoms with Gasteiger partial charge in [0.1, 0.15) is 0 Å². The van der Waals surface area contributed by atoms with Gasteiger partial charge in [0.05, 0.1) is 0 Å². The van der Waals surface area contributed by atoms with E-state index in [0.29, 0.717) is 5.92 Å². The summed E-state index contributed by atoms with van der Waals surface area (Å²) in [5.41, 5.74) is 0. The van der Waals surface area contributed by atoms with Crippen LogP contribution in [-0.2, 0) is 9.47 Å². The summed E-state index contributed by atoms with van der Waals surface area (Å²) >= 11 is 0. The lowest BCUT2D eigenvalue weighted by molar-refractivity contribution is 0.0205. The van der Waals surface area contributed by atoms with Crippen LogP contribution in [0.3, 0.4) is 0 Å². The van der Waals surface area contributed by atoms with E-state index in [1.165, 1.54) is 45.3 Å². The molecule has 29 heavy (non-hydrogen) atoms. The second-order valence-electron chi connectivity index (χ2n) is 8.68. The Balaban J connectivity index is 0.00000300. The van der Waals surface area contributed by atoms with Gasteiger partial charge in [-0.25, -0.2) is 0 Å². The minimum absolute atomic E-state index is 0. The first-order valence-corrected chi connectivity index (χ1v) is 11.8. The van der Waals surface area contributed by atoms with Gasteiger partial charge in [0.25, 0.3) is 0 Å². The van der Waals surface area contributed by atoms with E-state index in [-0.39, 0.29) is 24.0 Å². The number of nitrogens with zero attached hydrogens (tertiary/aromatic N) is 3. The van der Waals surface area contributed by atoms with Crippen LogP contribution in [0.1, 0.15) is 51.9 Å². The average molecular weight is 523 g/mol. The number of hydrogen-bond acceptors (Lipinski definition) is 4. The first-order chi connectivity index (χ1) is 13.8. The third kappa shape index (κ3) is 9.27. The van der Waals surface area contributed by atoms with Crippen molar-refractivity contribution in [1.82, 2.24) is 15.1 Å². The Morgan fingerprint density at radius 3 is 2.62 bits per heavy atom. The van der Waals surface area contributed by atoms with E-state index in [9.17, 15) is 0 Å². The molecule has 1 atom stereocenters. The maximum Gasteiger partial charge on any atom is 0.193 e. The first-order valence-electron chi connectivity index (χ1n) is 11.8. The van der Waals surface area contributed by atoms with Gasteiger partial charge in [0.15, 0.2) is 5.96 Å². The van der Waals surface area contributed by atoms with Gasteiger partial charge in [-0.3, -0.25) is 4.99 Å². The molecule has 0 saturated carbocycles. The average Bonchev–Trinajstić information content (AvgIpc) is 3.19. The van der Waals surface area contributed by atoms with Crippen LogP contribution < -0.4 is 5.32 Å². The van der Waals surface area contributed by atoms with Crippen molar-refractivity contribution in [1.29, 1.82) is 0 Å². The van der Waals surface area contributed by atoms with Crippen molar-refractivity contribution in [3.63, 3.8) is 0 Å². The van der Waals surface area contributed by atoms with Crippen LogP contribution in [0.5, 0.6) is 0 Å². The van der Waals surface area contributed by atoms with Gasteiger partial charge in [0.2, 0.25) is 0 Å². The van der Waals surface area contributed by atoms with Gasteiger partial charge in [-0.05, 0) is 70.4 Å². The fourth-order valence-corrected chi connectivity index (χ4v) is 4.62. The second-order valence-corrected chi connectivity index (χ2v) is 8.68. The number of guanidine groups is 1. The van der Waals surface area contributed by atoms with Gasteiger partial charge in [0, 0.05) is 59.2 Å². The Kier molecular flexibility index (Phi) is 12.8. The molecule has 0 aliphatic carbocycles. The topological polar surface area (TPSA) is 49.3 Å². The standard InChI is InChI=1S/C22H42N4O2.HI/c1-2-23-22(24-10-6-14-28-19-20-8-15-27-16-9-20)26-13-7-21(18-26)17-25-11-4-3-5-12-25;/h20-21H,2-19H2,1H3,(H,23,24);1H. The summed E-state index contributed by atoms with van der Waals surface area (Å²) < 4.78 is 11.3. The lowest BCUT2D eigenvalue weighted by Crippen LogP contribution is -2.41. The van der Waals surface area contributed by atoms with Crippen LogP contribution >= 0.6 is 24.0 Å². The molecule has 7 heteroatoms. The largest absolute Gasteiger partial charge is 0.381 e. The Bertz CT molecular complexity index is 454. The predicted octanol–water partition coefficient (Wildman–Crippen LogP) is 3.21. The molecule has 0 amide bonds. The lowest BCUT2D eigenvalue weighted by atomic mass is 10.0. The molecule has 3 rings (SSSR count). The number of hydrogen-bond donors (Lipinski definition) is 1. The Morgan fingerprint density at radius 2 is 1.86 bits per heavy atom. The summed E-state index contributed by atoms with van der Waals surface area (Å²) in [4.78, 5) is 10.0. The third-order valence-electron chi connectivity index (χ3n) is 6.29. The molecule has 3 aliphatic heterocycles. The maximum atomic E-state index is 5.88. The highest BCUT2D eigenvalue weighted by Gasteiger charge is 2.26. The Morgan fingerprint density at radius 1 is 1.07 bits per heavy atom. The third-order valence-corrected chi connectivity index (χ3v) is 6.29. The van der Waals surface area contributed by atoms with Gasteiger partial charge in [-0.1, -0.05) is 6.42 Å². The summed E-state index contributed by atoms with van der Waals surface area (Å²) in [6.45, 7) is 13.6. The first kappa shape index (κ1) is 25.1. The number of likely N-dealkylation sites (tertiary alicyclic amines) is 2. The molecule has 3 aliphatic rings. The van der Waals surface area contributed by atoms with E-state index in [4.69, 9.17) is 14.5 Å². The molecule has 3 fully saturated rings. The molecule has 0 aromatic rings. The summed E-state index contributed by atoms with van der Waals surface area (Å²) in [7, 11) is 0. The molecule has 1 N–H and O–H groups in total. The Hall–Kier alpha value is -0.120. The zero-order valence-electron chi connectivity index (χ0n) is 18.4. The molecule has 170 valence electrons. The summed E-state index contributed by atoms with van der Waals surface area (Å²) in [6.07, 6.45) is 8.79. The minimum Gasteiger partial charge on any atom is -0.381 e. The summed E-state index contributed by atoms with van der Waals surface area (Å²) in [5.74, 6) is 2.59. The number of rotatable bonds is 9. The van der Waals surface area contributed by atoms with Crippen LogP contribution in [0, 0.1) is 11.8 Å². The van der Waals surface area contributed by atoms with Crippen LogP contribution in [0.2, 0.25) is 0 Å². The van der Waals surface area contributed by atoms with Crippen LogP contribution in [0.4, 0.5) is 0 Å². The molecular formula is C22H43IN4O2. The number of ether oxygens (including phenoxy) is 2. The van der Waals surface area contributed by atoms with Gasteiger partial charge < -0.3 is 24.6 Å². The van der Waals surface area contributed by atoms with E-state index >= 15 is 0 Å². The number of nitrogens with one attached hydrogen (secondary N) is 1. The van der Waals surface area contributed by atoms with Crippen molar-refractivity contribution in [3.8, 4) is 0 Å². The molecule has 0 aromatic heterocycles. The number of halogens is 1. The van der Waals surface area contributed by atoms with Crippen molar-refractivity contribution in [2.45, 2.75) is 51.9 Å². The molecule has 0 bridgehead atoms.